The lowest BCUT2D eigenvalue weighted by atomic mass is 10.1. The molecule has 0 fully saturated rings. The van der Waals surface area contributed by atoms with Crippen LogP contribution in [0.1, 0.15) is 5.56 Å². The number of nitriles is 1. The van der Waals surface area contributed by atoms with Crippen molar-refractivity contribution in [1.82, 2.24) is 0 Å². The zero-order valence-corrected chi connectivity index (χ0v) is 9.09. The predicted octanol–water partition coefficient (Wildman–Crippen LogP) is 0.334. The zero-order chi connectivity index (χ0) is 14.7. The molecule has 0 heterocycles. The number of hydrogen-bond acceptors (Lipinski definition) is 2. The monoisotopic (exact) mass is 274 g/mol. The molecule has 0 aliphatic rings. The third-order valence-corrected chi connectivity index (χ3v) is 1.82. The van der Waals surface area contributed by atoms with Crippen LogP contribution in [0.3, 0.4) is 0 Å². The van der Waals surface area contributed by atoms with Gasteiger partial charge in [0.1, 0.15) is 17.3 Å². The largest absolute Gasteiger partial charge is 0.370 e. The summed E-state index contributed by atoms with van der Waals surface area (Å²) in [6, 6.07) is 0.981. The average molecular weight is 274 g/mol. The number of guanidine groups is 2. The summed E-state index contributed by atoms with van der Waals surface area (Å²) < 4.78 is 53.2. The maximum Gasteiger partial charge on any atom is 0.223 e. The smallest absolute Gasteiger partial charge is 0.223 e. The van der Waals surface area contributed by atoms with Crippen LogP contribution in [0, 0.1) is 34.6 Å². The zero-order valence-electron chi connectivity index (χ0n) is 9.09. The molecule has 0 radical (unpaired) electrons. The number of aliphatic imine (C=N–C) groups is 2. The van der Waals surface area contributed by atoms with Crippen molar-refractivity contribution >= 4 is 17.6 Å². The lowest BCUT2D eigenvalue weighted by molar-refractivity contribution is 0.453. The van der Waals surface area contributed by atoms with E-state index in [4.69, 9.17) is 22.5 Å². The van der Waals surface area contributed by atoms with E-state index in [-0.39, 0.29) is 0 Å². The highest BCUT2D eigenvalue weighted by Crippen LogP contribution is 2.29. The van der Waals surface area contributed by atoms with Crippen LogP contribution in [0.5, 0.6) is 0 Å². The van der Waals surface area contributed by atoms with Gasteiger partial charge in [-0.05, 0) is 0 Å². The number of nitrogens with two attached hydrogens (primary N) is 3. The highest BCUT2D eigenvalue weighted by Gasteiger charge is 2.25. The molecule has 10 heteroatoms. The molecule has 0 unspecified atom stereocenters. The van der Waals surface area contributed by atoms with Gasteiger partial charge < -0.3 is 17.2 Å². The molecule has 0 spiro atoms. The van der Waals surface area contributed by atoms with Crippen molar-refractivity contribution in [3.8, 4) is 6.07 Å². The Labute approximate surface area is 103 Å². The number of nitrogens with zero attached hydrogens (tertiary/aromatic N) is 3. The summed E-state index contributed by atoms with van der Waals surface area (Å²) in [5, 5.41) is 8.36. The summed E-state index contributed by atoms with van der Waals surface area (Å²) >= 11 is 0. The number of halogens is 4. The van der Waals surface area contributed by atoms with Gasteiger partial charge in [0.15, 0.2) is 29.2 Å². The normalized spacial score (nSPS) is 11.0. The van der Waals surface area contributed by atoms with Crippen LogP contribution in [-0.4, -0.2) is 11.9 Å². The number of benzene rings is 1. The summed E-state index contributed by atoms with van der Waals surface area (Å²) in [6.07, 6.45) is 0. The Morgan fingerprint density at radius 3 is 1.79 bits per heavy atom. The molecule has 0 amide bonds. The first-order chi connectivity index (χ1) is 8.79. The Morgan fingerprint density at radius 1 is 0.947 bits per heavy atom. The highest BCUT2D eigenvalue weighted by molar-refractivity contribution is 5.93. The second kappa shape index (κ2) is 5.21. The molecule has 19 heavy (non-hydrogen) atoms. The van der Waals surface area contributed by atoms with Gasteiger partial charge in [0.05, 0.1) is 0 Å². The summed E-state index contributed by atoms with van der Waals surface area (Å²) in [7, 11) is 0. The van der Waals surface area contributed by atoms with E-state index in [1.165, 1.54) is 0 Å². The topological polar surface area (TPSA) is 127 Å². The minimum Gasteiger partial charge on any atom is -0.370 e. The Kier molecular flexibility index (Phi) is 3.91. The van der Waals surface area contributed by atoms with Crippen molar-refractivity contribution in [2.45, 2.75) is 0 Å². The Morgan fingerprint density at radius 2 is 1.42 bits per heavy atom. The molecule has 6 N–H and O–H groups in total. The van der Waals surface area contributed by atoms with E-state index in [2.05, 4.69) is 9.98 Å². The van der Waals surface area contributed by atoms with Crippen LogP contribution in [-0.2, 0) is 0 Å². The van der Waals surface area contributed by atoms with Crippen LogP contribution in [0.4, 0.5) is 23.2 Å². The number of rotatable bonds is 1. The Bertz CT molecular complexity index is 598. The maximum absolute atomic E-state index is 13.4. The summed E-state index contributed by atoms with van der Waals surface area (Å²) in [6.45, 7) is 0. The molecule has 1 aromatic rings. The van der Waals surface area contributed by atoms with E-state index in [1.54, 1.807) is 0 Å². The fourth-order valence-electron chi connectivity index (χ4n) is 1.09. The van der Waals surface area contributed by atoms with Gasteiger partial charge in [-0.3, -0.25) is 0 Å². The van der Waals surface area contributed by atoms with Crippen molar-refractivity contribution in [3.05, 3.63) is 28.8 Å². The van der Waals surface area contributed by atoms with Gasteiger partial charge in [-0.15, -0.1) is 0 Å². The summed E-state index contributed by atoms with van der Waals surface area (Å²) in [5.74, 6) is -8.94. The molecule has 0 saturated carbocycles. The van der Waals surface area contributed by atoms with E-state index in [9.17, 15) is 17.6 Å². The van der Waals surface area contributed by atoms with E-state index >= 15 is 0 Å². The van der Waals surface area contributed by atoms with Crippen molar-refractivity contribution < 1.29 is 17.6 Å². The van der Waals surface area contributed by atoms with Gasteiger partial charge in [-0.25, -0.2) is 22.6 Å². The van der Waals surface area contributed by atoms with Crippen molar-refractivity contribution in [2.24, 2.45) is 27.2 Å². The van der Waals surface area contributed by atoms with Crippen LogP contribution in [0.15, 0.2) is 9.98 Å². The van der Waals surface area contributed by atoms with Gasteiger partial charge in [0.2, 0.25) is 5.96 Å². The fraction of sp³-hybridized carbons (Fsp3) is 0. The lowest BCUT2D eigenvalue weighted by Crippen LogP contribution is -2.26. The molecular formula is C9H6F4N6. The number of hydrogen-bond donors (Lipinski definition) is 3. The maximum atomic E-state index is 13.4. The van der Waals surface area contributed by atoms with Crippen LogP contribution in [0.2, 0.25) is 0 Å². The van der Waals surface area contributed by atoms with Crippen LogP contribution < -0.4 is 17.2 Å². The van der Waals surface area contributed by atoms with E-state index < -0.39 is 46.4 Å². The van der Waals surface area contributed by atoms with Gasteiger partial charge in [-0.2, -0.15) is 10.3 Å². The molecule has 100 valence electrons. The highest BCUT2D eigenvalue weighted by atomic mass is 19.2. The van der Waals surface area contributed by atoms with E-state index in [1.807, 2.05) is 0 Å². The molecule has 0 aliphatic carbocycles. The van der Waals surface area contributed by atoms with Gasteiger partial charge in [0, 0.05) is 0 Å². The minimum absolute atomic E-state index is 0.573. The molecule has 0 aromatic heterocycles. The third kappa shape index (κ3) is 2.71. The summed E-state index contributed by atoms with van der Waals surface area (Å²) in [4.78, 5) is 6.12. The van der Waals surface area contributed by atoms with Crippen LogP contribution in [0.25, 0.3) is 0 Å². The van der Waals surface area contributed by atoms with Crippen LogP contribution >= 0.6 is 0 Å². The molecule has 1 rings (SSSR count). The predicted molar refractivity (Wildman–Crippen MR) is 58.1 cm³/mol. The quantitative estimate of drug-likeness (QED) is 0.295. The standard InChI is InChI=1S/C9H6F4N6/c10-3-2(1-14)4(11)6(13)7(5(3)12)18-9(17)19-8(15)16/h(H6,15,16,17,18,19). The van der Waals surface area contributed by atoms with Gasteiger partial charge >= 0.3 is 0 Å². The minimum atomic E-state index is -1.89. The molecule has 0 saturated heterocycles. The van der Waals surface area contributed by atoms with Gasteiger partial charge in [0.25, 0.3) is 0 Å². The molecule has 0 bridgehead atoms. The van der Waals surface area contributed by atoms with E-state index in [0.717, 1.165) is 6.07 Å². The first-order valence-corrected chi connectivity index (χ1v) is 4.49. The van der Waals surface area contributed by atoms with Crippen molar-refractivity contribution in [1.29, 1.82) is 5.26 Å². The Balaban J connectivity index is 3.56. The van der Waals surface area contributed by atoms with Crippen molar-refractivity contribution in [2.75, 3.05) is 0 Å². The molecular weight excluding hydrogens is 268 g/mol. The lowest BCUT2D eigenvalue weighted by Gasteiger charge is -2.04. The molecule has 6 nitrogen and oxygen atoms in total. The first-order valence-electron chi connectivity index (χ1n) is 4.49. The average Bonchev–Trinajstić information content (AvgIpc) is 2.32. The molecule has 0 atom stereocenters. The fourth-order valence-corrected chi connectivity index (χ4v) is 1.09. The molecule has 1 aromatic carbocycles. The third-order valence-electron chi connectivity index (χ3n) is 1.82. The molecule has 0 aliphatic heterocycles. The SMILES string of the molecule is N#Cc1c(F)c(F)c(N=C(N)N=C(N)N)c(F)c1F. The van der Waals surface area contributed by atoms with Crippen molar-refractivity contribution in [3.63, 3.8) is 0 Å². The second-order valence-electron chi connectivity index (χ2n) is 3.10. The van der Waals surface area contributed by atoms with Gasteiger partial charge in [-0.1, -0.05) is 0 Å². The summed E-state index contributed by atoms with van der Waals surface area (Å²) in [5.41, 5.74) is 12.1. The Hall–Kier alpha value is -2.83. The van der Waals surface area contributed by atoms with E-state index in [0.29, 0.717) is 0 Å². The first kappa shape index (κ1) is 14.2. The second-order valence-corrected chi connectivity index (χ2v) is 3.10.